The molecule has 0 saturated heterocycles. The minimum Gasteiger partial charge on any atom is -0.304 e. The van der Waals surface area contributed by atoms with Crippen molar-refractivity contribution in [1.82, 2.24) is 4.90 Å². The Morgan fingerprint density at radius 2 is 1.13 bits per heavy atom. The third-order valence-corrected chi connectivity index (χ3v) is 1.34. The van der Waals surface area contributed by atoms with Crippen LogP contribution in [0, 0.1) is 0 Å². The summed E-state index contributed by atoms with van der Waals surface area (Å²) in [6, 6.07) is 0. The summed E-state index contributed by atoms with van der Waals surface area (Å²) < 4.78 is 25.3. The average Bonchev–Trinajstić information content (AvgIpc) is 2.05. The first-order valence-corrected chi connectivity index (χ1v) is 6.46. The van der Waals surface area contributed by atoms with Crippen molar-refractivity contribution in [2.24, 2.45) is 0 Å². The van der Waals surface area contributed by atoms with E-state index in [4.69, 9.17) is 35.8 Å². The van der Waals surface area contributed by atoms with Gasteiger partial charge in [0.15, 0.2) is 0 Å². The van der Waals surface area contributed by atoms with Crippen LogP contribution in [0.15, 0.2) is 0 Å². The summed E-state index contributed by atoms with van der Waals surface area (Å²) >= 11 is 10.1. The van der Waals surface area contributed by atoms with Gasteiger partial charge in [-0.2, -0.15) is 0 Å². The molecule has 7 heteroatoms. The molecular weight excluding hydrogens is 261 g/mol. The molecule has 0 heterocycles. The van der Waals surface area contributed by atoms with E-state index < -0.39 is 10.6 Å². The lowest BCUT2D eigenvalue weighted by atomic mass is 10.5. The molecule has 0 aromatic heterocycles. The molecule has 0 spiro atoms. The highest BCUT2D eigenvalue weighted by atomic mass is 35.5. The lowest BCUT2D eigenvalue weighted by Gasteiger charge is -2.13. The van der Waals surface area contributed by atoms with Gasteiger partial charge >= 0.3 is 10.6 Å². The van der Waals surface area contributed by atoms with Crippen molar-refractivity contribution in [3.8, 4) is 0 Å². The monoisotopic (exact) mass is 279 g/mol. The molecule has 0 rings (SSSR count). The van der Waals surface area contributed by atoms with Gasteiger partial charge in [-0.1, -0.05) is 20.8 Å². The highest BCUT2D eigenvalue weighted by Gasteiger charge is 1.89. The van der Waals surface area contributed by atoms with Crippen LogP contribution in [-0.2, 0) is 10.6 Å². The molecule has 0 N–H and O–H groups in total. The second-order valence-electron chi connectivity index (χ2n) is 2.34. The van der Waals surface area contributed by atoms with Crippen molar-refractivity contribution in [2.75, 3.05) is 19.6 Å². The predicted octanol–water partition coefficient (Wildman–Crippen LogP) is 2.15. The fourth-order valence-electron chi connectivity index (χ4n) is 0.671. The lowest BCUT2D eigenvalue weighted by Crippen LogP contribution is -2.21. The van der Waals surface area contributed by atoms with Gasteiger partial charge in [0.05, 0.1) is 0 Å². The molecular formula is C8H19Cl2NO3S. The Morgan fingerprint density at radius 3 is 1.13 bits per heavy atom. The Balaban J connectivity index is -0.000000155. The molecule has 0 aromatic carbocycles. The molecule has 0 aromatic rings. The van der Waals surface area contributed by atoms with Crippen molar-refractivity contribution in [2.45, 2.75) is 32.5 Å². The van der Waals surface area contributed by atoms with Crippen LogP contribution in [-0.4, -0.2) is 42.0 Å². The normalized spacial score (nSPS) is 8.80. The maximum Gasteiger partial charge on any atom is 0.425 e. The van der Waals surface area contributed by atoms with E-state index in [0.29, 0.717) is 0 Å². The van der Waals surface area contributed by atoms with Gasteiger partial charge in [-0.3, -0.25) is 0 Å². The lowest BCUT2D eigenvalue weighted by molar-refractivity contribution is 0.321. The van der Waals surface area contributed by atoms with Gasteiger partial charge in [0.25, 0.3) is 0 Å². The first-order valence-electron chi connectivity index (χ1n) is 4.58. The summed E-state index contributed by atoms with van der Waals surface area (Å²) in [6.45, 7) is 11.8. The van der Waals surface area contributed by atoms with Gasteiger partial charge in [0, 0.05) is 0 Å². The zero-order valence-corrected chi connectivity index (χ0v) is 11.9. The largest absolute Gasteiger partial charge is 0.425 e. The SMILES string of the molecule is CC(Cl)Cl.CCN(CC)CC.O=S(=O)=O. The predicted molar refractivity (Wildman–Crippen MR) is 64.3 cm³/mol. The standard InChI is InChI=1S/C6H15N.C2H4Cl2.O3S/c1-4-7(5-2)6-3;1-2(3)4;1-4(2)3/h4-6H2,1-3H3;2H,1H3;. The Labute approximate surface area is 104 Å². The van der Waals surface area contributed by atoms with Crippen molar-refractivity contribution in [1.29, 1.82) is 0 Å². The Kier molecular flexibility index (Phi) is 22.7. The Hall–Kier alpha value is 0.160. The smallest absolute Gasteiger partial charge is 0.304 e. The zero-order valence-electron chi connectivity index (χ0n) is 9.53. The maximum atomic E-state index is 8.44. The molecule has 0 unspecified atom stereocenters. The van der Waals surface area contributed by atoms with Crippen LogP contribution >= 0.6 is 23.2 Å². The molecule has 0 aliphatic rings. The quantitative estimate of drug-likeness (QED) is 0.743. The van der Waals surface area contributed by atoms with Crippen LogP contribution in [0.25, 0.3) is 0 Å². The second-order valence-corrected chi connectivity index (χ2v) is 4.28. The van der Waals surface area contributed by atoms with E-state index in [1.54, 1.807) is 6.92 Å². The summed E-state index contributed by atoms with van der Waals surface area (Å²) in [7, 11) is -3.11. The minimum absolute atomic E-state index is 0.222. The van der Waals surface area contributed by atoms with Crippen molar-refractivity contribution in [3.05, 3.63) is 0 Å². The highest BCUT2D eigenvalue weighted by molar-refractivity contribution is 7.59. The van der Waals surface area contributed by atoms with Gasteiger partial charge in [-0.25, -0.2) is 0 Å². The Morgan fingerprint density at radius 1 is 1.00 bits per heavy atom. The van der Waals surface area contributed by atoms with Crippen LogP contribution in [0.3, 0.4) is 0 Å². The van der Waals surface area contributed by atoms with Gasteiger partial charge in [0.1, 0.15) is 4.84 Å². The van der Waals surface area contributed by atoms with E-state index in [9.17, 15) is 0 Å². The summed E-state index contributed by atoms with van der Waals surface area (Å²) in [5.41, 5.74) is 0. The van der Waals surface area contributed by atoms with E-state index >= 15 is 0 Å². The summed E-state index contributed by atoms with van der Waals surface area (Å²) in [6.07, 6.45) is 0. The fourth-order valence-corrected chi connectivity index (χ4v) is 0.671. The van der Waals surface area contributed by atoms with Gasteiger partial charge in [-0.05, 0) is 26.6 Å². The van der Waals surface area contributed by atoms with Crippen LogP contribution in [0.5, 0.6) is 0 Å². The minimum atomic E-state index is -3.11. The van der Waals surface area contributed by atoms with Gasteiger partial charge in [-0.15, -0.1) is 35.8 Å². The molecule has 0 radical (unpaired) electrons. The number of alkyl halides is 2. The van der Waals surface area contributed by atoms with E-state index in [1.165, 1.54) is 19.6 Å². The second kappa shape index (κ2) is 16.6. The Bertz CT molecular complexity index is 186. The molecule has 0 bridgehead atoms. The van der Waals surface area contributed by atoms with Crippen molar-refractivity contribution in [3.63, 3.8) is 0 Å². The molecule has 0 amide bonds. The van der Waals surface area contributed by atoms with Crippen molar-refractivity contribution < 1.29 is 12.6 Å². The summed E-state index contributed by atoms with van der Waals surface area (Å²) in [5, 5.41) is 0. The fraction of sp³-hybridized carbons (Fsp3) is 1.00. The number of hydrogen-bond donors (Lipinski definition) is 0. The molecule has 0 saturated carbocycles. The number of nitrogens with zero attached hydrogens (tertiary/aromatic N) is 1. The molecule has 0 atom stereocenters. The third-order valence-electron chi connectivity index (χ3n) is 1.34. The van der Waals surface area contributed by atoms with E-state index in [1.807, 2.05) is 0 Å². The van der Waals surface area contributed by atoms with Gasteiger partial charge < -0.3 is 4.90 Å². The van der Waals surface area contributed by atoms with E-state index in [-0.39, 0.29) is 4.84 Å². The van der Waals surface area contributed by atoms with Crippen LogP contribution in [0.2, 0.25) is 0 Å². The van der Waals surface area contributed by atoms with E-state index in [2.05, 4.69) is 25.7 Å². The summed E-state index contributed by atoms with van der Waals surface area (Å²) in [5.74, 6) is 0. The third kappa shape index (κ3) is 55.2. The van der Waals surface area contributed by atoms with Gasteiger partial charge in [0.2, 0.25) is 0 Å². The molecule has 94 valence electrons. The zero-order chi connectivity index (χ0) is 12.9. The number of hydrogen-bond acceptors (Lipinski definition) is 4. The molecule has 15 heavy (non-hydrogen) atoms. The maximum absolute atomic E-state index is 8.44. The molecule has 0 aliphatic carbocycles. The topological polar surface area (TPSA) is 54.5 Å². The number of rotatable bonds is 3. The molecule has 0 fully saturated rings. The van der Waals surface area contributed by atoms with Crippen molar-refractivity contribution >= 4 is 33.8 Å². The van der Waals surface area contributed by atoms with Crippen LogP contribution in [0.1, 0.15) is 27.7 Å². The average molecular weight is 280 g/mol. The first-order chi connectivity index (χ1) is 6.81. The van der Waals surface area contributed by atoms with E-state index in [0.717, 1.165) is 0 Å². The molecule has 4 nitrogen and oxygen atoms in total. The summed E-state index contributed by atoms with van der Waals surface area (Å²) in [4.78, 5) is 2.15. The van der Waals surface area contributed by atoms with Crippen LogP contribution < -0.4 is 0 Å². The number of halogens is 2. The van der Waals surface area contributed by atoms with Crippen LogP contribution in [0.4, 0.5) is 0 Å². The first kappa shape index (κ1) is 20.6. The highest BCUT2D eigenvalue weighted by Crippen LogP contribution is 1.95. The molecule has 0 aliphatic heterocycles.